The first-order valence-electron chi connectivity index (χ1n) is 18.6. The van der Waals surface area contributed by atoms with Gasteiger partial charge < -0.3 is 29.0 Å². The van der Waals surface area contributed by atoms with Crippen molar-refractivity contribution in [2.75, 3.05) is 37.3 Å². The van der Waals surface area contributed by atoms with Gasteiger partial charge in [-0.1, -0.05) is 64.5 Å². The standard InChI is InChI=1S/C41H55N5O8S2/c1-40(2)31(26-30(39(50)44-51)28-42-22-15-25-55-52)29-43-35(40)16-10-7-6-8-11-17-36-41(3,4)33-27-32(56-53)20-21-34(33)46(36)23-13-9-12-19-38(49)54-45(5)37(48)18-14-24-47/h6-8,10-11,16-17,20-21,24,26-28,42,51-53H,9,12-15,18-19,22-23,25,29H2,1-5H3,(H,44,50)/b7-6+,11-8+,16-10+,30-28+,31-26+,36-17+. The Morgan fingerprint density at radius 2 is 1.75 bits per heavy atom. The van der Waals surface area contributed by atoms with Crippen LogP contribution in [-0.4, -0.2) is 81.6 Å². The van der Waals surface area contributed by atoms with E-state index in [1.807, 2.05) is 68.5 Å². The average molecular weight is 810 g/mol. The van der Waals surface area contributed by atoms with Gasteiger partial charge in [0.1, 0.15) is 6.29 Å². The maximum absolute atomic E-state index is 12.3. The Bertz CT molecular complexity index is 1760. The molecule has 3 rings (SSSR count). The van der Waals surface area contributed by atoms with Gasteiger partial charge in [-0.15, -0.1) is 0 Å². The molecule has 0 aromatic heterocycles. The molecule has 0 spiro atoms. The molecule has 0 fully saturated rings. The molecule has 1 aromatic rings. The zero-order valence-corrected chi connectivity index (χ0v) is 34.5. The van der Waals surface area contributed by atoms with Crippen molar-refractivity contribution in [1.29, 1.82) is 0 Å². The van der Waals surface area contributed by atoms with Crippen molar-refractivity contribution in [2.45, 2.75) is 83.0 Å². The minimum Gasteiger partial charge on any atom is -0.390 e. The van der Waals surface area contributed by atoms with E-state index in [0.717, 1.165) is 81.7 Å². The molecular weight excluding hydrogens is 755 g/mol. The molecule has 304 valence electrons. The summed E-state index contributed by atoms with van der Waals surface area (Å²) in [5.74, 6) is -0.972. The first-order valence-corrected chi connectivity index (χ1v) is 20.3. The second-order valence-electron chi connectivity index (χ2n) is 14.3. The van der Waals surface area contributed by atoms with Gasteiger partial charge in [0, 0.05) is 96.2 Å². The summed E-state index contributed by atoms with van der Waals surface area (Å²) in [6, 6.07) is 5.95. The molecule has 2 aliphatic heterocycles. The smallest absolute Gasteiger partial charge is 0.332 e. The molecule has 56 heavy (non-hydrogen) atoms. The van der Waals surface area contributed by atoms with Crippen molar-refractivity contribution in [2.24, 2.45) is 10.4 Å². The van der Waals surface area contributed by atoms with Crippen molar-refractivity contribution in [3.05, 3.63) is 95.4 Å². The minimum atomic E-state index is -0.628. The van der Waals surface area contributed by atoms with E-state index in [0.29, 0.717) is 38.0 Å². The molecule has 15 heteroatoms. The summed E-state index contributed by atoms with van der Waals surface area (Å²) < 4.78 is 18.6. The van der Waals surface area contributed by atoms with Gasteiger partial charge in [0.2, 0.25) is 0 Å². The lowest BCUT2D eigenvalue weighted by atomic mass is 9.81. The van der Waals surface area contributed by atoms with Crippen LogP contribution in [0.5, 0.6) is 0 Å². The number of carbonyl (C=O) groups excluding carboxylic acids is 4. The van der Waals surface area contributed by atoms with Crippen LogP contribution < -0.4 is 15.7 Å². The average Bonchev–Trinajstić information content (AvgIpc) is 3.57. The Morgan fingerprint density at radius 3 is 2.46 bits per heavy atom. The fraction of sp³-hybridized carbons (Fsp3) is 0.439. The lowest BCUT2D eigenvalue weighted by molar-refractivity contribution is -0.192. The number of benzene rings is 1. The molecule has 0 saturated heterocycles. The number of hydrogen-bond acceptors (Lipinski definition) is 13. The Morgan fingerprint density at radius 1 is 1.00 bits per heavy atom. The maximum atomic E-state index is 12.3. The highest BCUT2D eigenvalue weighted by atomic mass is 32.2. The number of amides is 2. The van der Waals surface area contributed by atoms with Crippen molar-refractivity contribution >= 4 is 59.6 Å². The van der Waals surface area contributed by atoms with Crippen LogP contribution in [0.4, 0.5) is 5.69 Å². The van der Waals surface area contributed by atoms with Gasteiger partial charge in [-0.2, -0.15) is 5.06 Å². The second kappa shape index (κ2) is 23.0. The third-order valence-electron chi connectivity index (χ3n) is 9.62. The number of anilines is 1. The number of hydroxylamine groups is 3. The number of hydrogen-bond donors (Lipinski definition) is 5. The first kappa shape index (κ1) is 46.0. The summed E-state index contributed by atoms with van der Waals surface area (Å²) >= 11 is 1.49. The number of unbranched alkanes of at least 4 members (excludes halogenated alkanes) is 2. The predicted molar refractivity (Wildman–Crippen MR) is 223 cm³/mol. The van der Waals surface area contributed by atoms with Gasteiger partial charge >= 0.3 is 5.97 Å². The second-order valence-corrected chi connectivity index (χ2v) is 15.6. The van der Waals surface area contributed by atoms with Gasteiger partial charge in [-0.25, -0.2) is 10.3 Å². The fourth-order valence-corrected chi connectivity index (χ4v) is 6.88. The summed E-state index contributed by atoms with van der Waals surface area (Å²) in [6.07, 6.45) is 20.9. The van der Waals surface area contributed by atoms with E-state index in [2.05, 4.69) is 30.1 Å². The Hall–Kier alpha value is -4.41. The number of nitrogens with one attached hydrogen (secondary N) is 2. The normalized spacial score (nSPS) is 17.6. The van der Waals surface area contributed by atoms with E-state index in [1.165, 1.54) is 7.05 Å². The van der Waals surface area contributed by atoms with Gasteiger partial charge in [0.15, 0.2) is 0 Å². The number of fused-ring (bicyclic) bond motifs is 1. The highest BCUT2D eigenvalue weighted by Crippen LogP contribution is 2.49. The van der Waals surface area contributed by atoms with Crippen LogP contribution in [0.25, 0.3) is 0 Å². The van der Waals surface area contributed by atoms with E-state index < -0.39 is 23.2 Å². The third kappa shape index (κ3) is 13.1. The molecule has 1 aromatic carbocycles. The highest BCUT2D eigenvalue weighted by molar-refractivity contribution is 7.94. The maximum Gasteiger partial charge on any atom is 0.332 e. The summed E-state index contributed by atoms with van der Waals surface area (Å²) in [5, 5.41) is 13.2. The molecule has 2 aliphatic rings. The molecule has 2 heterocycles. The van der Waals surface area contributed by atoms with E-state index in [9.17, 15) is 28.9 Å². The number of rotatable bonds is 21. The number of carbonyl (C=O) groups is 4. The molecule has 0 atom stereocenters. The SMILES string of the molecule is CN(OC(=O)CCCCCN1/C(=C/C=C/C=C/C=C/C2=NC/C(=C\C(=C/NCCCSO)C(=O)NO)C2(C)C)C(C)(C)c2cc(SO)ccc21)C(=O)CCC=O. The third-order valence-corrected chi connectivity index (χ3v) is 10.6. The lowest BCUT2D eigenvalue weighted by Crippen LogP contribution is -2.29. The summed E-state index contributed by atoms with van der Waals surface area (Å²) in [6.45, 7) is 10.1. The quantitative estimate of drug-likeness (QED) is 0.0159. The molecule has 2 amide bonds. The molecular formula is C41H55N5O8S2. The molecule has 0 saturated carbocycles. The Labute approximate surface area is 338 Å². The summed E-state index contributed by atoms with van der Waals surface area (Å²) in [7, 11) is 1.37. The van der Waals surface area contributed by atoms with E-state index in [1.54, 1.807) is 17.8 Å². The van der Waals surface area contributed by atoms with Crippen LogP contribution in [0.1, 0.15) is 78.2 Å². The molecule has 0 radical (unpaired) electrons. The highest BCUT2D eigenvalue weighted by Gasteiger charge is 2.40. The van der Waals surface area contributed by atoms with E-state index in [4.69, 9.17) is 14.4 Å². The van der Waals surface area contributed by atoms with Gasteiger partial charge in [-0.3, -0.25) is 19.8 Å². The molecule has 5 N–H and O–H groups in total. The van der Waals surface area contributed by atoms with Crippen LogP contribution in [0.2, 0.25) is 0 Å². The lowest BCUT2D eigenvalue weighted by Gasteiger charge is -2.27. The van der Waals surface area contributed by atoms with Crippen LogP contribution in [-0.2, 0) is 29.4 Å². The van der Waals surface area contributed by atoms with Crippen LogP contribution in [0.3, 0.4) is 0 Å². The zero-order valence-electron chi connectivity index (χ0n) is 32.8. The minimum absolute atomic E-state index is 0.00469. The van der Waals surface area contributed by atoms with Crippen LogP contribution in [0.15, 0.2) is 99.7 Å². The van der Waals surface area contributed by atoms with Crippen LogP contribution >= 0.6 is 24.1 Å². The van der Waals surface area contributed by atoms with Crippen molar-refractivity contribution in [3.63, 3.8) is 0 Å². The Kier molecular flexibility index (Phi) is 18.9. The van der Waals surface area contributed by atoms with Crippen molar-refractivity contribution in [3.8, 4) is 0 Å². The van der Waals surface area contributed by atoms with Gasteiger partial charge in [0.25, 0.3) is 11.8 Å². The summed E-state index contributed by atoms with van der Waals surface area (Å²) in [5.41, 5.74) is 6.28. The topological polar surface area (TPSA) is 181 Å². The van der Waals surface area contributed by atoms with Crippen molar-refractivity contribution < 1.29 is 38.3 Å². The number of nitrogens with zero attached hydrogens (tertiary/aromatic N) is 3. The number of aldehydes is 1. The van der Waals surface area contributed by atoms with E-state index >= 15 is 0 Å². The van der Waals surface area contributed by atoms with E-state index in [-0.39, 0.29) is 30.3 Å². The molecule has 0 unspecified atom stereocenters. The van der Waals surface area contributed by atoms with Gasteiger partial charge in [0.05, 0.1) is 12.1 Å². The largest absolute Gasteiger partial charge is 0.390 e. The fourth-order valence-electron chi connectivity index (χ4n) is 6.31. The number of aliphatic imine (C=N–C) groups is 1. The zero-order chi connectivity index (χ0) is 41.1. The van der Waals surface area contributed by atoms with Crippen molar-refractivity contribution in [1.82, 2.24) is 15.9 Å². The molecule has 0 bridgehead atoms. The summed E-state index contributed by atoms with van der Waals surface area (Å²) in [4.78, 5) is 59.9. The Balaban J connectivity index is 1.64. The number of allylic oxidation sites excluding steroid dienone is 8. The molecule has 13 nitrogen and oxygen atoms in total. The first-order chi connectivity index (χ1) is 26.8. The van der Waals surface area contributed by atoms with Gasteiger partial charge in [-0.05, 0) is 78.9 Å². The monoisotopic (exact) mass is 809 g/mol. The predicted octanol–water partition coefficient (Wildman–Crippen LogP) is 7.34. The molecule has 0 aliphatic carbocycles. The van der Waals surface area contributed by atoms with Crippen LogP contribution in [0, 0.1) is 5.41 Å².